The van der Waals surface area contributed by atoms with E-state index in [0.717, 1.165) is 0 Å². The summed E-state index contributed by atoms with van der Waals surface area (Å²) < 4.78 is 12.0. The minimum absolute atomic E-state index is 0. The molecule has 0 fully saturated rings. The topological polar surface area (TPSA) is 18.5 Å². The van der Waals surface area contributed by atoms with E-state index in [-0.39, 0.29) is 21.1 Å². The minimum atomic E-state index is -1.92. The number of benzene rings is 8. The molecule has 0 aliphatic heterocycles. The monoisotopic (exact) mass is 1150 g/mol. The summed E-state index contributed by atoms with van der Waals surface area (Å²) >= 11 is 0. The van der Waals surface area contributed by atoms with Crippen LogP contribution in [0.15, 0.2) is 243 Å². The zero-order chi connectivity index (χ0) is 48.9. The van der Waals surface area contributed by atoms with Gasteiger partial charge >= 0.3 is 21.1 Å². The molecule has 0 saturated heterocycles. The molecule has 0 aromatic heterocycles. The van der Waals surface area contributed by atoms with Crippen LogP contribution in [0.2, 0.25) is 26.2 Å². The van der Waals surface area contributed by atoms with Crippen molar-refractivity contribution in [2.24, 2.45) is 0 Å². The molecule has 0 aliphatic rings. The third-order valence-corrected chi connectivity index (χ3v) is 21.0. The summed E-state index contributed by atoms with van der Waals surface area (Å²) in [7, 11) is -4.73. The molecule has 0 bridgehead atoms. The number of hydrogen-bond acceptors (Lipinski definition) is 2. The Kier molecular flexibility index (Phi) is 22.7. The fourth-order valence-corrected chi connectivity index (χ4v) is 17.0. The van der Waals surface area contributed by atoms with Gasteiger partial charge in [0.15, 0.2) is 0 Å². The van der Waals surface area contributed by atoms with Crippen molar-refractivity contribution >= 4 is 74.7 Å². The van der Waals surface area contributed by atoms with Crippen LogP contribution in [-0.4, -0.2) is 27.8 Å². The van der Waals surface area contributed by atoms with Gasteiger partial charge in [0.25, 0.3) is 0 Å². The zero-order valence-corrected chi connectivity index (χ0v) is 47.2. The quantitative estimate of drug-likeness (QED) is 0.0525. The van der Waals surface area contributed by atoms with Crippen LogP contribution in [-0.2, 0) is 29.9 Å². The van der Waals surface area contributed by atoms with Gasteiger partial charge in [0, 0.05) is 0 Å². The molecule has 0 saturated carbocycles. The third kappa shape index (κ3) is 18.2. The molecule has 8 rings (SSSR count). The first-order valence-electron chi connectivity index (χ1n) is 22.9. The Labute approximate surface area is 434 Å². The maximum Gasteiger partial charge on any atom is 2.00 e. The van der Waals surface area contributed by atoms with E-state index in [1.54, 1.807) is 0 Å². The van der Waals surface area contributed by atoms with E-state index in [4.69, 9.17) is 21.7 Å². The SMILES string of the molecule is [C-]#CC(C)(C)O[Si](C)(C)c1ccccc1.[C-]#CC(C)(C)O[Si](C)(C)c1ccccc1.[Pt+2].c1ccc(P(c2ccccc2)c2ccccc2)cc1.c1ccc(P(c2ccccc2)c2ccccc2)cc1. The van der Waals surface area contributed by atoms with Gasteiger partial charge in [0.1, 0.15) is 0 Å². The molecule has 0 amide bonds. The van der Waals surface area contributed by atoms with Gasteiger partial charge < -0.3 is 33.5 Å². The van der Waals surface area contributed by atoms with Crippen molar-refractivity contribution in [3.05, 3.63) is 256 Å². The summed E-state index contributed by atoms with van der Waals surface area (Å²) in [6, 6.07) is 85.1. The van der Waals surface area contributed by atoms with E-state index in [9.17, 15) is 0 Å². The molecule has 0 aliphatic carbocycles. The van der Waals surface area contributed by atoms with Gasteiger partial charge in [-0.2, -0.15) is 0 Å². The maximum atomic E-state index is 7.20. The Morgan fingerprint density at radius 3 is 0.638 bits per heavy atom. The first-order valence-corrected chi connectivity index (χ1v) is 31.4. The summed E-state index contributed by atoms with van der Waals surface area (Å²) in [5.41, 5.74) is -1.18. The molecule has 0 heterocycles. The van der Waals surface area contributed by atoms with Crippen LogP contribution in [0.1, 0.15) is 27.7 Å². The molecule has 8 aromatic carbocycles. The van der Waals surface area contributed by atoms with Gasteiger partial charge in [-0.25, -0.2) is 0 Å². The van der Waals surface area contributed by atoms with Crippen molar-refractivity contribution in [3.8, 4) is 11.8 Å². The van der Waals surface area contributed by atoms with E-state index >= 15 is 0 Å². The Hall–Kier alpha value is -5.22. The van der Waals surface area contributed by atoms with Gasteiger partial charge in [0.05, 0.1) is 11.2 Å². The van der Waals surface area contributed by atoms with Crippen LogP contribution in [0.25, 0.3) is 0 Å². The summed E-state index contributed by atoms with van der Waals surface area (Å²) in [6.45, 7) is 16.1. The minimum Gasteiger partial charge on any atom is -0.691 e. The van der Waals surface area contributed by atoms with Crippen molar-refractivity contribution < 1.29 is 29.9 Å². The van der Waals surface area contributed by atoms with Crippen LogP contribution in [0.4, 0.5) is 0 Å². The Balaban J connectivity index is 0.000000201. The van der Waals surface area contributed by atoms with Crippen LogP contribution < -0.4 is 42.2 Å². The average molecular weight is 1150 g/mol. The Morgan fingerprint density at radius 1 is 0.319 bits per heavy atom. The smallest absolute Gasteiger partial charge is 0.691 e. The van der Waals surface area contributed by atoms with E-state index in [0.29, 0.717) is 0 Å². The second-order valence-electron chi connectivity index (χ2n) is 17.9. The van der Waals surface area contributed by atoms with Gasteiger partial charge in [-0.05, 0) is 112 Å². The van der Waals surface area contributed by atoms with E-state index in [1.807, 2.05) is 64.1 Å². The molecule has 0 radical (unpaired) electrons. The van der Waals surface area contributed by atoms with Crippen LogP contribution in [0.3, 0.4) is 0 Å². The van der Waals surface area contributed by atoms with E-state index in [1.165, 1.54) is 42.2 Å². The molecule has 0 unspecified atom stereocenters. The second kappa shape index (κ2) is 27.8. The van der Waals surface area contributed by atoms with Crippen molar-refractivity contribution in [1.29, 1.82) is 0 Å². The van der Waals surface area contributed by atoms with Crippen LogP contribution in [0, 0.1) is 24.7 Å². The van der Waals surface area contributed by atoms with Crippen molar-refractivity contribution in [2.75, 3.05) is 0 Å². The summed E-state index contributed by atoms with van der Waals surface area (Å²) in [4.78, 5) is 0. The summed E-state index contributed by atoms with van der Waals surface area (Å²) in [6.07, 6.45) is 14.4. The van der Waals surface area contributed by atoms with Gasteiger partial charge in [0.2, 0.25) is 16.6 Å². The van der Waals surface area contributed by atoms with Gasteiger partial charge in [-0.3, -0.25) is 0 Å². The van der Waals surface area contributed by atoms with Crippen molar-refractivity contribution in [1.82, 2.24) is 0 Å². The standard InChI is InChI=1S/2C18H15P.2C13H17OSi.Pt/c2*1-4-10-16(11-5-1)19(17-12-6-2-7-13-17)18-14-8-3-9-15-18;2*1-6-13(2,3)14-15(4,5)12-10-8-7-9-11-12;/h2*1-15H;2*7-11H,2-5H3;/q;;2*-1;+2. The fourth-order valence-electron chi connectivity index (χ4n) is 7.48. The predicted molar refractivity (Wildman–Crippen MR) is 302 cm³/mol. The summed E-state index contributed by atoms with van der Waals surface area (Å²) in [5, 5.41) is 10.9. The molecule has 8 aromatic rings. The second-order valence-corrected chi connectivity index (χ2v) is 30.0. The number of rotatable bonds is 12. The first-order chi connectivity index (χ1) is 32.6. The normalized spacial score (nSPS) is 11.1. The molecule has 2 nitrogen and oxygen atoms in total. The Morgan fingerprint density at radius 2 is 0.478 bits per heavy atom. The Bertz CT molecular complexity index is 2350. The molecular weight excluding hydrogens is 1090 g/mol. The maximum absolute atomic E-state index is 7.20. The van der Waals surface area contributed by atoms with Crippen molar-refractivity contribution in [2.45, 2.75) is 65.1 Å². The molecular formula is C62H64O2P2PtSi2. The van der Waals surface area contributed by atoms with Crippen LogP contribution in [0.5, 0.6) is 0 Å². The predicted octanol–water partition coefficient (Wildman–Crippen LogP) is 11.9. The summed E-state index contributed by atoms with van der Waals surface area (Å²) in [5.74, 6) is 4.86. The molecule has 0 atom stereocenters. The first kappa shape index (κ1) is 56.4. The molecule has 0 spiro atoms. The van der Waals surface area contributed by atoms with E-state index < -0.39 is 43.7 Å². The third-order valence-electron chi connectivity index (χ3n) is 10.6. The van der Waals surface area contributed by atoms with Crippen LogP contribution >= 0.6 is 15.8 Å². The zero-order valence-electron chi connectivity index (χ0n) is 41.1. The number of hydrogen-bond donors (Lipinski definition) is 0. The molecule has 7 heteroatoms. The average Bonchev–Trinajstić information content (AvgIpc) is 3.37. The van der Waals surface area contributed by atoms with Crippen molar-refractivity contribution in [3.63, 3.8) is 0 Å². The van der Waals surface area contributed by atoms with Gasteiger partial charge in [-0.1, -0.05) is 243 Å². The molecule has 0 N–H and O–H groups in total. The van der Waals surface area contributed by atoms with Gasteiger partial charge in [-0.15, -0.1) is 0 Å². The van der Waals surface area contributed by atoms with E-state index in [2.05, 4.69) is 244 Å². The molecule has 352 valence electrons. The largest absolute Gasteiger partial charge is 2.00 e. The molecule has 69 heavy (non-hydrogen) atoms. The fraction of sp³-hybridized carbons (Fsp3) is 0.161.